The van der Waals surface area contributed by atoms with Gasteiger partial charge in [-0.15, -0.1) is 0 Å². The molecule has 4 nitrogen and oxygen atoms in total. The van der Waals surface area contributed by atoms with Crippen molar-refractivity contribution < 1.29 is 19.4 Å². The van der Waals surface area contributed by atoms with Crippen molar-refractivity contribution >= 4 is 5.97 Å². The van der Waals surface area contributed by atoms with Crippen molar-refractivity contribution in [3.8, 4) is 5.75 Å². The number of hydrogen-bond acceptors (Lipinski definition) is 3. The standard InChI is InChI=1S/C14H18O4/c15-14(16)10-17-8-9-18-13-7-3-5-11-4-1-2-6-12(11)13/h3,5,7H,1-2,4,6,8-10H2,(H,15,16). The van der Waals surface area contributed by atoms with Crippen molar-refractivity contribution in [3.63, 3.8) is 0 Å². The molecule has 0 unspecified atom stereocenters. The van der Waals surface area contributed by atoms with Crippen LogP contribution in [0, 0.1) is 0 Å². The molecule has 0 bridgehead atoms. The number of fused-ring (bicyclic) bond motifs is 1. The van der Waals surface area contributed by atoms with Gasteiger partial charge in [0.05, 0.1) is 6.61 Å². The second-order valence-electron chi connectivity index (χ2n) is 4.40. The van der Waals surface area contributed by atoms with E-state index >= 15 is 0 Å². The number of aryl methyl sites for hydroxylation is 1. The van der Waals surface area contributed by atoms with Crippen LogP contribution in [0.2, 0.25) is 0 Å². The Hall–Kier alpha value is -1.55. The molecule has 0 spiro atoms. The SMILES string of the molecule is O=C(O)COCCOc1cccc2c1CCCC2. The summed E-state index contributed by atoms with van der Waals surface area (Å²) in [6.07, 6.45) is 4.66. The summed E-state index contributed by atoms with van der Waals surface area (Å²) in [5.41, 5.74) is 2.69. The Kier molecular flexibility index (Phi) is 4.59. The molecule has 0 saturated heterocycles. The molecule has 0 aliphatic heterocycles. The number of aliphatic carboxylic acids is 1. The van der Waals surface area contributed by atoms with E-state index in [2.05, 4.69) is 6.07 Å². The van der Waals surface area contributed by atoms with E-state index in [9.17, 15) is 4.79 Å². The van der Waals surface area contributed by atoms with Crippen molar-refractivity contribution in [3.05, 3.63) is 29.3 Å². The predicted octanol–water partition coefficient (Wildman–Crippen LogP) is 2.05. The van der Waals surface area contributed by atoms with Gasteiger partial charge in [0.2, 0.25) is 0 Å². The van der Waals surface area contributed by atoms with Gasteiger partial charge in [-0.1, -0.05) is 12.1 Å². The zero-order chi connectivity index (χ0) is 12.8. The third-order valence-electron chi connectivity index (χ3n) is 3.06. The molecule has 1 N–H and O–H groups in total. The maximum absolute atomic E-state index is 10.3. The van der Waals surface area contributed by atoms with Crippen molar-refractivity contribution in [2.45, 2.75) is 25.7 Å². The fourth-order valence-corrected chi connectivity index (χ4v) is 2.25. The highest BCUT2D eigenvalue weighted by Crippen LogP contribution is 2.29. The van der Waals surface area contributed by atoms with Gasteiger partial charge in [0.15, 0.2) is 0 Å². The summed E-state index contributed by atoms with van der Waals surface area (Å²) < 4.78 is 10.6. The van der Waals surface area contributed by atoms with E-state index in [1.165, 1.54) is 24.0 Å². The molecule has 0 heterocycles. The van der Waals surface area contributed by atoms with E-state index in [0.29, 0.717) is 13.2 Å². The zero-order valence-corrected chi connectivity index (χ0v) is 10.4. The van der Waals surface area contributed by atoms with Crippen LogP contribution in [0.25, 0.3) is 0 Å². The van der Waals surface area contributed by atoms with Gasteiger partial charge in [-0.3, -0.25) is 0 Å². The van der Waals surface area contributed by atoms with E-state index in [0.717, 1.165) is 18.6 Å². The molecule has 0 amide bonds. The van der Waals surface area contributed by atoms with E-state index in [1.807, 2.05) is 12.1 Å². The molecule has 1 aliphatic carbocycles. The van der Waals surface area contributed by atoms with E-state index in [4.69, 9.17) is 14.6 Å². The highest BCUT2D eigenvalue weighted by Gasteiger charge is 2.13. The second-order valence-corrected chi connectivity index (χ2v) is 4.40. The third kappa shape index (κ3) is 3.47. The van der Waals surface area contributed by atoms with Gasteiger partial charge in [-0.2, -0.15) is 0 Å². The van der Waals surface area contributed by atoms with Crippen molar-refractivity contribution in [1.29, 1.82) is 0 Å². The number of ether oxygens (including phenoxy) is 2. The van der Waals surface area contributed by atoms with Crippen LogP contribution in [0.1, 0.15) is 24.0 Å². The molecule has 18 heavy (non-hydrogen) atoms. The fourth-order valence-electron chi connectivity index (χ4n) is 2.25. The summed E-state index contributed by atoms with van der Waals surface area (Å²) in [5, 5.41) is 8.42. The Labute approximate surface area is 107 Å². The Balaban J connectivity index is 1.84. The van der Waals surface area contributed by atoms with Crippen molar-refractivity contribution in [1.82, 2.24) is 0 Å². The third-order valence-corrected chi connectivity index (χ3v) is 3.06. The highest BCUT2D eigenvalue weighted by molar-refractivity contribution is 5.67. The first kappa shape index (κ1) is 12.9. The molecular formula is C14H18O4. The maximum Gasteiger partial charge on any atom is 0.329 e. The van der Waals surface area contributed by atoms with Gasteiger partial charge in [-0.05, 0) is 42.9 Å². The average molecular weight is 250 g/mol. The predicted molar refractivity (Wildman–Crippen MR) is 67.0 cm³/mol. The average Bonchev–Trinajstić information content (AvgIpc) is 2.38. The molecule has 1 aromatic carbocycles. The minimum atomic E-state index is -0.952. The van der Waals surface area contributed by atoms with Crippen LogP contribution in [-0.4, -0.2) is 30.9 Å². The molecular weight excluding hydrogens is 232 g/mol. The molecule has 1 aromatic rings. The number of carboxylic acid groups (broad SMARTS) is 1. The van der Waals surface area contributed by atoms with Crippen LogP contribution < -0.4 is 4.74 Å². The molecule has 0 aromatic heterocycles. The van der Waals surface area contributed by atoms with Crippen LogP contribution in [0.3, 0.4) is 0 Å². The molecule has 2 rings (SSSR count). The van der Waals surface area contributed by atoms with Crippen LogP contribution in [-0.2, 0) is 22.4 Å². The lowest BCUT2D eigenvalue weighted by molar-refractivity contribution is -0.142. The van der Waals surface area contributed by atoms with Gasteiger partial charge in [0.25, 0.3) is 0 Å². The number of rotatable bonds is 6. The smallest absolute Gasteiger partial charge is 0.329 e. The molecule has 0 atom stereocenters. The molecule has 4 heteroatoms. The first-order valence-corrected chi connectivity index (χ1v) is 6.30. The molecule has 1 aliphatic rings. The molecule has 98 valence electrons. The Bertz CT molecular complexity index is 414. The van der Waals surface area contributed by atoms with E-state index < -0.39 is 5.97 Å². The Morgan fingerprint density at radius 1 is 1.22 bits per heavy atom. The van der Waals surface area contributed by atoms with Gasteiger partial charge in [0, 0.05) is 0 Å². The van der Waals surface area contributed by atoms with Crippen LogP contribution in [0.15, 0.2) is 18.2 Å². The highest BCUT2D eigenvalue weighted by atomic mass is 16.5. The molecule has 0 saturated carbocycles. The Morgan fingerprint density at radius 2 is 2.06 bits per heavy atom. The quantitative estimate of drug-likeness (QED) is 0.785. The van der Waals surface area contributed by atoms with E-state index in [1.54, 1.807) is 0 Å². The first-order valence-electron chi connectivity index (χ1n) is 6.30. The lowest BCUT2D eigenvalue weighted by atomic mass is 9.91. The number of carbonyl (C=O) groups is 1. The first-order chi connectivity index (χ1) is 8.77. The minimum absolute atomic E-state index is 0.268. The van der Waals surface area contributed by atoms with Gasteiger partial charge in [-0.25, -0.2) is 4.79 Å². The van der Waals surface area contributed by atoms with Gasteiger partial charge >= 0.3 is 5.97 Å². The summed E-state index contributed by atoms with van der Waals surface area (Å²) in [7, 11) is 0. The number of carboxylic acids is 1. The summed E-state index contributed by atoms with van der Waals surface area (Å²) in [5.74, 6) is -0.0294. The number of hydrogen-bond donors (Lipinski definition) is 1. The monoisotopic (exact) mass is 250 g/mol. The summed E-state index contributed by atoms with van der Waals surface area (Å²) in [4.78, 5) is 10.3. The van der Waals surface area contributed by atoms with Gasteiger partial charge < -0.3 is 14.6 Å². The number of benzene rings is 1. The second kappa shape index (κ2) is 6.40. The van der Waals surface area contributed by atoms with Crippen LogP contribution in [0.5, 0.6) is 5.75 Å². The maximum atomic E-state index is 10.3. The Morgan fingerprint density at radius 3 is 2.89 bits per heavy atom. The van der Waals surface area contributed by atoms with Gasteiger partial charge in [0.1, 0.15) is 19.0 Å². The normalized spacial score (nSPS) is 14.0. The zero-order valence-electron chi connectivity index (χ0n) is 10.4. The molecule has 0 fully saturated rings. The molecule has 0 radical (unpaired) electrons. The largest absolute Gasteiger partial charge is 0.491 e. The fraction of sp³-hybridized carbons (Fsp3) is 0.500. The van der Waals surface area contributed by atoms with Crippen LogP contribution >= 0.6 is 0 Å². The summed E-state index contributed by atoms with van der Waals surface area (Å²) >= 11 is 0. The van der Waals surface area contributed by atoms with Crippen molar-refractivity contribution in [2.24, 2.45) is 0 Å². The minimum Gasteiger partial charge on any atom is -0.491 e. The topological polar surface area (TPSA) is 55.8 Å². The van der Waals surface area contributed by atoms with Crippen LogP contribution in [0.4, 0.5) is 0 Å². The summed E-state index contributed by atoms with van der Waals surface area (Å²) in [6.45, 7) is 0.427. The van der Waals surface area contributed by atoms with E-state index in [-0.39, 0.29) is 6.61 Å². The summed E-state index contributed by atoms with van der Waals surface area (Å²) in [6, 6.07) is 6.14. The lowest BCUT2D eigenvalue weighted by Gasteiger charge is -2.19. The van der Waals surface area contributed by atoms with Crippen molar-refractivity contribution in [2.75, 3.05) is 19.8 Å². The lowest BCUT2D eigenvalue weighted by Crippen LogP contribution is -2.14.